The van der Waals surface area contributed by atoms with Gasteiger partial charge < -0.3 is 10.2 Å². The Balaban J connectivity index is 1.39. The molecule has 1 spiro atoms. The molecule has 3 N–H and O–H groups in total. The molecule has 0 aromatic carbocycles. The number of hydrazine groups is 1. The summed E-state index contributed by atoms with van der Waals surface area (Å²) >= 11 is 1.72. The van der Waals surface area contributed by atoms with E-state index in [1.807, 2.05) is 6.07 Å². The summed E-state index contributed by atoms with van der Waals surface area (Å²) in [6.45, 7) is 1.20. The zero-order valence-corrected chi connectivity index (χ0v) is 15.6. The van der Waals surface area contributed by atoms with Crippen molar-refractivity contribution >= 4 is 29.2 Å². The number of nitrogens with one attached hydrogen (secondary N) is 3. The van der Waals surface area contributed by atoms with Gasteiger partial charge in [0.15, 0.2) is 6.54 Å². The molecule has 7 nitrogen and oxygen atoms in total. The fraction of sp³-hybridized carbons (Fsp3) is 0.611. The number of rotatable bonds is 4. The van der Waals surface area contributed by atoms with Gasteiger partial charge in [0.25, 0.3) is 11.8 Å². The van der Waals surface area contributed by atoms with E-state index in [1.54, 1.807) is 11.3 Å². The van der Waals surface area contributed by atoms with Crippen molar-refractivity contribution in [1.29, 1.82) is 0 Å². The van der Waals surface area contributed by atoms with Crippen LogP contribution < -0.4 is 15.6 Å². The normalized spacial score (nSPS) is 27.8. The lowest BCUT2D eigenvalue weighted by molar-refractivity contribution is -0.910. The number of hydrogen-bond donors (Lipinski definition) is 3. The van der Waals surface area contributed by atoms with Gasteiger partial charge in [0.2, 0.25) is 0 Å². The lowest BCUT2D eigenvalue weighted by Gasteiger charge is -2.30. The molecule has 2 aliphatic heterocycles. The second kappa shape index (κ2) is 7.00. The number of imide groups is 1. The molecule has 1 aromatic rings. The van der Waals surface area contributed by atoms with Gasteiger partial charge in [0.1, 0.15) is 11.6 Å². The molecule has 140 valence electrons. The third-order valence-corrected chi connectivity index (χ3v) is 6.85. The van der Waals surface area contributed by atoms with Gasteiger partial charge >= 0.3 is 6.03 Å². The summed E-state index contributed by atoms with van der Waals surface area (Å²) < 4.78 is 0. The van der Waals surface area contributed by atoms with Gasteiger partial charge in [-0.3, -0.25) is 15.0 Å². The Bertz CT molecular complexity index is 699. The standard InChI is InChI=1S/C18H24N4O3S/c23-15(12-21-10-4-6-13(21)14-7-5-11-26-14)20-22-16(24)18(19-17(22)25)8-2-1-3-9-18/h5,7,11,13H,1-4,6,8-10,12H2,(H,19,25)(H,20,23)/p+1/t13-/m1/s1. The number of carbonyl (C=O) groups is 3. The highest BCUT2D eigenvalue weighted by Crippen LogP contribution is 2.33. The van der Waals surface area contributed by atoms with Crippen LogP contribution in [0.1, 0.15) is 55.9 Å². The summed E-state index contributed by atoms with van der Waals surface area (Å²) in [6, 6.07) is 3.97. The number of urea groups is 1. The van der Waals surface area contributed by atoms with Gasteiger partial charge in [0, 0.05) is 12.8 Å². The molecular formula is C18H25N4O3S+. The van der Waals surface area contributed by atoms with E-state index in [9.17, 15) is 14.4 Å². The minimum Gasteiger partial charge on any atom is -0.322 e. The first kappa shape index (κ1) is 17.5. The zero-order chi connectivity index (χ0) is 18.1. The van der Waals surface area contributed by atoms with Crippen LogP contribution >= 0.6 is 11.3 Å². The van der Waals surface area contributed by atoms with Gasteiger partial charge in [-0.1, -0.05) is 25.3 Å². The lowest BCUT2D eigenvalue weighted by atomic mass is 9.82. The Morgan fingerprint density at radius 1 is 1.31 bits per heavy atom. The average Bonchev–Trinajstić information content (AvgIpc) is 3.34. The monoisotopic (exact) mass is 377 g/mol. The Hall–Kier alpha value is -1.93. The van der Waals surface area contributed by atoms with Gasteiger partial charge in [-0.15, -0.1) is 11.3 Å². The third-order valence-electron chi connectivity index (χ3n) is 5.86. The van der Waals surface area contributed by atoms with E-state index in [-0.39, 0.29) is 18.4 Å². The Labute approximate surface area is 156 Å². The predicted molar refractivity (Wildman–Crippen MR) is 96.3 cm³/mol. The fourth-order valence-corrected chi connectivity index (χ4v) is 5.46. The van der Waals surface area contributed by atoms with E-state index in [0.717, 1.165) is 43.7 Å². The average molecular weight is 377 g/mol. The van der Waals surface area contributed by atoms with Crippen LogP contribution in [0.2, 0.25) is 0 Å². The summed E-state index contributed by atoms with van der Waals surface area (Å²) in [4.78, 5) is 40.0. The summed E-state index contributed by atoms with van der Waals surface area (Å²) in [5.74, 6) is -0.582. The zero-order valence-electron chi connectivity index (χ0n) is 14.8. The molecule has 1 saturated carbocycles. The maximum absolute atomic E-state index is 12.7. The van der Waals surface area contributed by atoms with Crippen LogP contribution in [0, 0.1) is 0 Å². The minimum absolute atomic E-state index is 0.270. The molecule has 2 saturated heterocycles. The molecule has 1 unspecified atom stereocenters. The van der Waals surface area contributed by atoms with E-state index in [0.29, 0.717) is 18.9 Å². The van der Waals surface area contributed by atoms with Crippen molar-refractivity contribution in [3.8, 4) is 0 Å². The number of likely N-dealkylation sites (tertiary alicyclic amines) is 1. The topological polar surface area (TPSA) is 82.9 Å². The predicted octanol–water partition coefficient (Wildman–Crippen LogP) is 0.754. The van der Waals surface area contributed by atoms with Crippen LogP contribution in [0.5, 0.6) is 0 Å². The van der Waals surface area contributed by atoms with Gasteiger partial charge in [0.05, 0.1) is 11.4 Å². The molecule has 0 bridgehead atoms. The van der Waals surface area contributed by atoms with Crippen LogP contribution in [-0.4, -0.2) is 41.5 Å². The van der Waals surface area contributed by atoms with Crippen LogP contribution in [0.15, 0.2) is 17.5 Å². The number of quaternary nitrogens is 1. The molecule has 3 heterocycles. The van der Waals surface area contributed by atoms with Gasteiger partial charge in [-0.2, -0.15) is 5.01 Å². The molecule has 3 aliphatic rings. The minimum atomic E-state index is -0.803. The number of hydrogen-bond acceptors (Lipinski definition) is 4. The van der Waals surface area contributed by atoms with Gasteiger partial charge in [-0.05, 0) is 24.3 Å². The number of amides is 4. The molecule has 26 heavy (non-hydrogen) atoms. The SMILES string of the molecule is O=C(C[NH+]1CCC[C@@H]1c1cccs1)NN1C(=O)NC2(CCCCC2)C1=O. The van der Waals surface area contributed by atoms with Crippen molar-refractivity contribution in [2.24, 2.45) is 0 Å². The lowest BCUT2D eigenvalue weighted by Crippen LogP contribution is -3.11. The first-order valence-electron chi connectivity index (χ1n) is 9.43. The van der Waals surface area contributed by atoms with Crippen molar-refractivity contribution < 1.29 is 19.3 Å². The summed E-state index contributed by atoms with van der Waals surface area (Å²) in [6.07, 6.45) is 6.39. The van der Waals surface area contributed by atoms with Crippen molar-refractivity contribution in [2.75, 3.05) is 13.1 Å². The summed E-state index contributed by atoms with van der Waals surface area (Å²) in [7, 11) is 0. The number of carbonyl (C=O) groups excluding carboxylic acids is 3. The largest absolute Gasteiger partial charge is 0.344 e. The summed E-state index contributed by atoms with van der Waals surface area (Å²) in [5.41, 5.74) is 1.76. The highest BCUT2D eigenvalue weighted by atomic mass is 32.1. The first-order chi connectivity index (χ1) is 12.6. The number of nitrogens with zero attached hydrogens (tertiary/aromatic N) is 1. The summed E-state index contributed by atoms with van der Waals surface area (Å²) in [5, 5.41) is 5.78. The molecule has 1 aliphatic carbocycles. The van der Waals surface area contributed by atoms with Crippen molar-refractivity contribution in [2.45, 2.75) is 56.5 Å². The van der Waals surface area contributed by atoms with E-state index < -0.39 is 11.6 Å². The van der Waals surface area contributed by atoms with Crippen LogP contribution in [0.3, 0.4) is 0 Å². The molecule has 4 rings (SSSR count). The van der Waals surface area contributed by atoms with E-state index in [4.69, 9.17) is 0 Å². The molecule has 0 radical (unpaired) electrons. The highest BCUT2D eigenvalue weighted by molar-refractivity contribution is 7.10. The molecule has 2 atom stereocenters. The maximum Gasteiger partial charge on any atom is 0.344 e. The highest BCUT2D eigenvalue weighted by Gasteiger charge is 2.52. The molecule has 3 fully saturated rings. The Kier molecular flexibility index (Phi) is 4.71. The molecule has 1 aromatic heterocycles. The Morgan fingerprint density at radius 2 is 2.12 bits per heavy atom. The van der Waals surface area contributed by atoms with Crippen LogP contribution in [0.25, 0.3) is 0 Å². The van der Waals surface area contributed by atoms with Crippen LogP contribution in [0.4, 0.5) is 4.79 Å². The quantitative estimate of drug-likeness (QED) is 0.678. The van der Waals surface area contributed by atoms with E-state index in [1.165, 1.54) is 9.78 Å². The smallest absolute Gasteiger partial charge is 0.322 e. The molecule has 8 heteroatoms. The Morgan fingerprint density at radius 3 is 2.85 bits per heavy atom. The molecular weight excluding hydrogens is 352 g/mol. The number of thiophene rings is 1. The van der Waals surface area contributed by atoms with E-state index in [2.05, 4.69) is 22.2 Å². The van der Waals surface area contributed by atoms with E-state index >= 15 is 0 Å². The fourth-order valence-electron chi connectivity index (χ4n) is 4.54. The second-order valence-corrected chi connectivity index (χ2v) is 8.52. The maximum atomic E-state index is 12.7. The van der Waals surface area contributed by atoms with Gasteiger partial charge in [-0.25, -0.2) is 4.79 Å². The van der Waals surface area contributed by atoms with Crippen LogP contribution in [-0.2, 0) is 9.59 Å². The van der Waals surface area contributed by atoms with Crippen molar-refractivity contribution in [1.82, 2.24) is 15.8 Å². The first-order valence-corrected chi connectivity index (χ1v) is 10.3. The second-order valence-electron chi connectivity index (χ2n) is 7.54. The van der Waals surface area contributed by atoms with Crippen molar-refractivity contribution in [3.63, 3.8) is 0 Å². The molecule has 4 amide bonds. The van der Waals surface area contributed by atoms with Crippen molar-refractivity contribution in [3.05, 3.63) is 22.4 Å². The third kappa shape index (κ3) is 3.12.